The van der Waals surface area contributed by atoms with Crippen molar-refractivity contribution in [3.05, 3.63) is 85.1 Å². The average molecular weight is 363 g/mol. The summed E-state index contributed by atoms with van der Waals surface area (Å²) in [6.07, 6.45) is 1.68. The number of benzene rings is 3. The SMILES string of the molecule is COc1ccc2c(-c3ccccc3)cn(S(=O)(=O)c3ccccc3)c2c1. The van der Waals surface area contributed by atoms with Crippen LogP contribution in [0.4, 0.5) is 0 Å². The zero-order valence-corrected chi connectivity index (χ0v) is 15.0. The highest BCUT2D eigenvalue weighted by atomic mass is 32.2. The fourth-order valence-corrected chi connectivity index (χ4v) is 4.44. The van der Waals surface area contributed by atoms with Gasteiger partial charge in [-0.2, -0.15) is 0 Å². The third-order valence-electron chi connectivity index (χ3n) is 4.36. The number of methoxy groups -OCH3 is 1. The van der Waals surface area contributed by atoms with Gasteiger partial charge in [0.15, 0.2) is 0 Å². The van der Waals surface area contributed by atoms with Gasteiger partial charge in [0.05, 0.1) is 17.5 Å². The first-order valence-electron chi connectivity index (χ1n) is 8.16. The van der Waals surface area contributed by atoms with Gasteiger partial charge in [0.25, 0.3) is 10.0 Å². The lowest BCUT2D eigenvalue weighted by atomic mass is 10.1. The number of rotatable bonds is 4. The molecule has 130 valence electrons. The lowest BCUT2D eigenvalue weighted by Crippen LogP contribution is -2.11. The maximum absolute atomic E-state index is 13.2. The number of ether oxygens (including phenoxy) is 1. The summed E-state index contributed by atoms with van der Waals surface area (Å²) in [5.41, 5.74) is 2.42. The van der Waals surface area contributed by atoms with Crippen LogP contribution in [0.1, 0.15) is 0 Å². The fourth-order valence-electron chi connectivity index (χ4n) is 3.06. The molecule has 4 rings (SSSR count). The van der Waals surface area contributed by atoms with Crippen LogP contribution >= 0.6 is 0 Å². The van der Waals surface area contributed by atoms with Crippen LogP contribution in [0.5, 0.6) is 5.75 Å². The molecular weight excluding hydrogens is 346 g/mol. The quantitative estimate of drug-likeness (QED) is 0.534. The van der Waals surface area contributed by atoms with E-state index in [2.05, 4.69) is 0 Å². The van der Waals surface area contributed by atoms with E-state index in [1.807, 2.05) is 42.5 Å². The molecule has 4 aromatic rings. The zero-order valence-electron chi connectivity index (χ0n) is 14.2. The maximum atomic E-state index is 13.2. The van der Waals surface area contributed by atoms with E-state index in [0.717, 1.165) is 16.5 Å². The summed E-state index contributed by atoms with van der Waals surface area (Å²) in [5.74, 6) is 0.611. The van der Waals surface area contributed by atoms with Gasteiger partial charge in [-0.3, -0.25) is 0 Å². The molecule has 0 saturated carbocycles. The molecule has 0 aliphatic rings. The van der Waals surface area contributed by atoms with Crippen LogP contribution in [0, 0.1) is 0 Å². The normalized spacial score (nSPS) is 11.6. The van der Waals surface area contributed by atoms with Gasteiger partial charge >= 0.3 is 0 Å². The van der Waals surface area contributed by atoms with E-state index >= 15 is 0 Å². The van der Waals surface area contributed by atoms with Gasteiger partial charge in [-0.1, -0.05) is 48.5 Å². The molecule has 0 bridgehead atoms. The summed E-state index contributed by atoms with van der Waals surface area (Å²) in [6, 6.07) is 23.7. The highest BCUT2D eigenvalue weighted by Gasteiger charge is 2.22. The van der Waals surface area contributed by atoms with Crippen LogP contribution in [0.25, 0.3) is 22.0 Å². The number of hydrogen-bond donors (Lipinski definition) is 0. The first-order valence-corrected chi connectivity index (χ1v) is 9.60. The highest BCUT2D eigenvalue weighted by Crippen LogP contribution is 2.34. The Morgan fingerprint density at radius 1 is 0.846 bits per heavy atom. The van der Waals surface area contributed by atoms with Crippen molar-refractivity contribution in [2.45, 2.75) is 4.90 Å². The smallest absolute Gasteiger partial charge is 0.268 e. The Kier molecular flexibility index (Phi) is 4.01. The van der Waals surface area contributed by atoms with Crippen molar-refractivity contribution in [1.29, 1.82) is 0 Å². The Bertz CT molecular complexity index is 1160. The van der Waals surface area contributed by atoms with Crippen LogP contribution in [0.2, 0.25) is 0 Å². The van der Waals surface area contributed by atoms with E-state index in [1.165, 1.54) is 3.97 Å². The van der Waals surface area contributed by atoms with Crippen LogP contribution in [-0.2, 0) is 10.0 Å². The molecule has 5 heteroatoms. The van der Waals surface area contributed by atoms with Crippen molar-refractivity contribution in [3.63, 3.8) is 0 Å². The molecule has 0 unspecified atom stereocenters. The second kappa shape index (κ2) is 6.35. The van der Waals surface area contributed by atoms with E-state index in [0.29, 0.717) is 11.3 Å². The Labute approximate surface area is 152 Å². The van der Waals surface area contributed by atoms with Gasteiger partial charge < -0.3 is 4.74 Å². The number of fused-ring (bicyclic) bond motifs is 1. The van der Waals surface area contributed by atoms with E-state index in [-0.39, 0.29) is 4.90 Å². The minimum absolute atomic E-state index is 0.249. The lowest BCUT2D eigenvalue weighted by Gasteiger charge is -2.08. The molecule has 0 atom stereocenters. The highest BCUT2D eigenvalue weighted by molar-refractivity contribution is 7.90. The molecule has 0 radical (unpaired) electrons. The number of aromatic nitrogens is 1. The lowest BCUT2D eigenvalue weighted by molar-refractivity contribution is 0.415. The third-order valence-corrected chi connectivity index (χ3v) is 6.05. The van der Waals surface area contributed by atoms with Gasteiger partial charge in [-0.25, -0.2) is 12.4 Å². The Balaban J connectivity index is 2.03. The van der Waals surface area contributed by atoms with E-state index in [4.69, 9.17) is 4.74 Å². The molecule has 1 aromatic heterocycles. The summed E-state index contributed by atoms with van der Waals surface area (Å²) in [7, 11) is -2.15. The predicted molar refractivity (Wildman–Crippen MR) is 103 cm³/mol. The first-order chi connectivity index (χ1) is 12.6. The van der Waals surface area contributed by atoms with Crippen molar-refractivity contribution in [3.8, 4) is 16.9 Å². The van der Waals surface area contributed by atoms with Crippen LogP contribution in [0.3, 0.4) is 0 Å². The van der Waals surface area contributed by atoms with Crippen molar-refractivity contribution in [1.82, 2.24) is 3.97 Å². The predicted octanol–water partition coefficient (Wildman–Crippen LogP) is 4.55. The summed E-state index contributed by atoms with van der Waals surface area (Å²) in [5, 5.41) is 0.858. The molecule has 0 N–H and O–H groups in total. The molecule has 3 aromatic carbocycles. The second-order valence-electron chi connectivity index (χ2n) is 5.91. The molecule has 26 heavy (non-hydrogen) atoms. The van der Waals surface area contributed by atoms with Gasteiger partial charge in [0.2, 0.25) is 0 Å². The second-order valence-corrected chi connectivity index (χ2v) is 7.72. The van der Waals surface area contributed by atoms with E-state index in [1.54, 1.807) is 49.7 Å². The third kappa shape index (κ3) is 2.66. The number of hydrogen-bond acceptors (Lipinski definition) is 3. The minimum Gasteiger partial charge on any atom is -0.497 e. The molecule has 0 amide bonds. The molecular formula is C21H17NO3S. The molecule has 0 aliphatic carbocycles. The molecule has 4 nitrogen and oxygen atoms in total. The van der Waals surface area contributed by atoms with Crippen LogP contribution < -0.4 is 4.74 Å². The average Bonchev–Trinajstić information content (AvgIpc) is 3.09. The molecule has 0 spiro atoms. The Hall–Kier alpha value is -3.05. The summed E-state index contributed by atoms with van der Waals surface area (Å²) < 4.78 is 33.1. The Morgan fingerprint density at radius 2 is 1.50 bits per heavy atom. The molecule has 0 aliphatic heterocycles. The standard InChI is InChI=1S/C21H17NO3S/c1-25-17-12-13-19-20(16-8-4-2-5-9-16)15-22(21(19)14-17)26(23,24)18-10-6-3-7-11-18/h2-15H,1H3. The van der Waals surface area contributed by atoms with E-state index in [9.17, 15) is 8.42 Å². The maximum Gasteiger partial charge on any atom is 0.268 e. The first kappa shape index (κ1) is 16.4. The Morgan fingerprint density at radius 3 is 2.15 bits per heavy atom. The fraction of sp³-hybridized carbons (Fsp3) is 0.0476. The number of nitrogens with zero attached hydrogens (tertiary/aromatic N) is 1. The molecule has 0 saturated heterocycles. The van der Waals surface area contributed by atoms with Crippen molar-refractivity contribution >= 4 is 20.9 Å². The van der Waals surface area contributed by atoms with Crippen LogP contribution in [0.15, 0.2) is 90.0 Å². The van der Waals surface area contributed by atoms with Gasteiger partial charge in [-0.15, -0.1) is 0 Å². The molecule has 1 heterocycles. The van der Waals surface area contributed by atoms with Gasteiger partial charge in [0, 0.05) is 23.2 Å². The van der Waals surface area contributed by atoms with Gasteiger partial charge in [0.1, 0.15) is 5.75 Å². The van der Waals surface area contributed by atoms with Crippen molar-refractivity contribution in [2.75, 3.05) is 7.11 Å². The van der Waals surface area contributed by atoms with Gasteiger partial charge in [-0.05, 0) is 29.8 Å². The summed E-state index contributed by atoms with van der Waals surface area (Å²) >= 11 is 0. The van der Waals surface area contributed by atoms with Crippen LogP contribution in [-0.4, -0.2) is 19.5 Å². The van der Waals surface area contributed by atoms with Crippen molar-refractivity contribution in [2.24, 2.45) is 0 Å². The zero-order chi connectivity index (χ0) is 18.1. The summed E-state index contributed by atoms with van der Waals surface area (Å²) in [6.45, 7) is 0. The minimum atomic E-state index is -3.72. The van der Waals surface area contributed by atoms with Crippen molar-refractivity contribution < 1.29 is 13.2 Å². The molecule has 0 fully saturated rings. The topological polar surface area (TPSA) is 48.3 Å². The monoisotopic (exact) mass is 363 g/mol. The van der Waals surface area contributed by atoms with E-state index < -0.39 is 10.0 Å². The summed E-state index contributed by atoms with van der Waals surface area (Å²) in [4.78, 5) is 0.249. The largest absolute Gasteiger partial charge is 0.497 e.